The van der Waals surface area contributed by atoms with Gasteiger partial charge in [-0.3, -0.25) is 9.69 Å². The molecule has 32 heavy (non-hydrogen) atoms. The number of likely N-dealkylation sites (tertiary alicyclic amines) is 1. The van der Waals surface area contributed by atoms with Crippen LogP contribution in [0.25, 0.3) is 0 Å². The highest BCUT2D eigenvalue weighted by atomic mass is 35.5. The Morgan fingerprint density at radius 2 is 2.25 bits per heavy atom. The van der Waals surface area contributed by atoms with Gasteiger partial charge in [0.2, 0.25) is 11.7 Å². The van der Waals surface area contributed by atoms with Gasteiger partial charge in [0.15, 0.2) is 11.6 Å². The molecule has 1 aliphatic rings. The van der Waals surface area contributed by atoms with Crippen LogP contribution >= 0.6 is 23.2 Å². The summed E-state index contributed by atoms with van der Waals surface area (Å²) >= 11 is 12.4. The van der Waals surface area contributed by atoms with E-state index in [9.17, 15) is 9.90 Å². The molecule has 8 nitrogen and oxygen atoms in total. The molecule has 0 aliphatic carbocycles. The molecule has 1 amide bonds. The molecular formula is C21H29Cl2FN6O2. The number of anilines is 2. The van der Waals surface area contributed by atoms with E-state index in [2.05, 4.69) is 21.9 Å². The summed E-state index contributed by atoms with van der Waals surface area (Å²) in [4.78, 5) is 22.6. The van der Waals surface area contributed by atoms with E-state index in [0.29, 0.717) is 42.7 Å². The summed E-state index contributed by atoms with van der Waals surface area (Å²) in [5.74, 6) is -1.03. The number of amides is 1. The lowest BCUT2D eigenvalue weighted by atomic mass is 9.94. The smallest absolute Gasteiger partial charge is 0.231 e. The number of aromatic nitrogens is 2. The van der Waals surface area contributed by atoms with Crippen LogP contribution in [0, 0.1) is 11.7 Å². The molecule has 11 heteroatoms. The van der Waals surface area contributed by atoms with Crippen molar-refractivity contribution in [2.45, 2.75) is 19.4 Å². The fourth-order valence-corrected chi connectivity index (χ4v) is 3.74. The predicted molar refractivity (Wildman–Crippen MR) is 126 cm³/mol. The summed E-state index contributed by atoms with van der Waals surface area (Å²) < 4.78 is 15.2. The topological polar surface area (TPSA) is 108 Å². The van der Waals surface area contributed by atoms with Crippen LogP contribution < -0.4 is 16.0 Å². The molecule has 0 spiro atoms. The Hall–Kier alpha value is -2.20. The monoisotopic (exact) mass is 486 g/mol. The molecule has 0 radical (unpaired) electrons. The number of aliphatic hydroxyl groups is 1. The van der Waals surface area contributed by atoms with Crippen molar-refractivity contribution in [3.63, 3.8) is 0 Å². The molecule has 0 bridgehead atoms. The van der Waals surface area contributed by atoms with Crippen molar-refractivity contribution in [3.05, 3.63) is 47.0 Å². The zero-order valence-corrected chi connectivity index (χ0v) is 19.5. The van der Waals surface area contributed by atoms with Crippen molar-refractivity contribution < 1.29 is 14.3 Å². The third kappa shape index (κ3) is 7.44. The fourth-order valence-electron chi connectivity index (χ4n) is 3.40. The Labute approximate surface area is 197 Å². The molecule has 0 unspecified atom stereocenters. The van der Waals surface area contributed by atoms with E-state index in [-0.39, 0.29) is 30.6 Å². The highest BCUT2D eigenvalue weighted by Gasteiger charge is 2.28. The number of carbonyl (C=O) groups excluding carboxylic acids is 1. The van der Waals surface area contributed by atoms with E-state index >= 15 is 4.39 Å². The molecule has 0 aromatic carbocycles. The molecule has 1 aromatic heterocycles. The van der Waals surface area contributed by atoms with E-state index < -0.39 is 17.8 Å². The first-order valence-corrected chi connectivity index (χ1v) is 11.0. The minimum absolute atomic E-state index is 0.0398. The van der Waals surface area contributed by atoms with Gasteiger partial charge >= 0.3 is 0 Å². The molecule has 1 fully saturated rings. The number of allylic oxidation sites excluding steroid dienone is 4. The molecular weight excluding hydrogens is 458 g/mol. The molecule has 176 valence electrons. The van der Waals surface area contributed by atoms with E-state index in [4.69, 9.17) is 28.9 Å². The average molecular weight is 487 g/mol. The maximum atomic E-state index is 15.2. The van der Waals surface area contributed by atoms with Crippen molar-refractivity contribution >= 4 is 40.7 Å². The first-order chi connectivity index (χ1) is 15.3. The van der Waals surface area contributed by atoms with Gasteiger partial charge in [-0.2, -0.15) is 4.39 Å². The molecule has 1 aliphatic heterocycles. The lowest BCUT2D eigenvalue weighted by Gasteiger charge is -2.35. The van der Waals surface area contributed by atoms with Crippen molar-refractivity contribution in [1.29, 1.82) is 0 Å². The highest BCUT2D eigenvalue weighted by Crippen LogP contribution is 2.25. The molecule has 1 saturated heterocycles. The van der Waals surface area contributed by atoms with E-state index in [0.717, 1.165) is 0 Å². The highest BCUT2D eigenvalue weighted by molar-refractivity contribution is 6.40. The van der Waals surface area contributed by atoms with Crippen molar-refractivity contribution in [2.24, 2.45) is 11.7 Å². The number of carbonyl (C=O) groups is 1. The third-order valence-electron chi connectivity index (χ3n) is 5.14. The normalized spacial score (nSPS) is 20.2. The van der Waals surface area contributed by atoms with Gasteiger partial charge in [0.25, 0.3) is 0 Å². The number of halogens is 3. The quantitative estimate of drug-likeness (QED) is 0.412. The summed E-state index contributed by atoms with van der Waals surface area (Å²) in [5.41, 5.74) is 5.21. The maximum absolute atomic E-state index is 15.2. The lowest BCUT2D eigenvalue weighted by molar-refractivity contribution is -0.120. The number of rotatable bonds is 11. The standard InChI is InChI=1S/C21H29Cl2FN6O2/c1-3-5-6-15(22)16(23)10-30(4-2)21-19(24)20(27-13-28-21)26-9-14-7-8-29(11-17(14)31)12-18(25)32/h3,5-6,13-14,17,31H,1,4,7-12H2,2H3,(H2,25,32)(H,26,27,28)/b6-5-,16-15+/t14-,17+/m0/s1. The first kappa shape index (κ1) is 26.1. The predicted octanol–water partition coefficient (Wildman–Crippen LogP) is 2.45. The summed E-state index contributed by atoms with van der Waals surface area (Å²) in [6, 6.07) is 0. The number of β-amino-alcohol motifs (C(OH)–C–C–N with tert-alkyl or cyclic N) is 1. The number of aliphatic hydroxyl groups excluding tert-OH is 1. The first-order valence-electron chi connectivity index (χ1n) is 10.3. The van der Waals surface area contributed by atoms with Crippen LogP contribution in [0.1, 0.15) is 13.3 Å². The van der Waals surface area contributed by atoms with E-state index in [1.165, 1.54) is 6.33 Å². The zero-order valence-electron chi connectivity index (χ0n) is 18.0. The minimum atomic E-state index is -0.665. The van der Waals surface area contributed by atoms with E-state index in [1.807, 2.05) is 6.92 Å². The van der Waals surface area contributed by atoms with Gasteiger partial charge in [0, 0.05) is 25.6 Å². The van der Waals surface area contributed by atoms with Crippen LogP contribution in [-0.2, 0) is 4.79 Å². The second kappa shape index (κ2) is 12.7. The number of primary amides is 1. The van der Waals surface area contributed by atoms with Crippen molar-refractivity contribution in [1.82, 2.24) is 14.9 Å². The second-order valence-corrected chi connectivity index (χ2v) is 8.28. The van der Waals surface area contributed by atoms with Crippen molar-refractivity contribution in [2.75, 3.05) is 49.5 Å². The molecule has 2 atom stereocenters. The van der Waals surface area contributed by atoms with Gasteiger partial charge < -0.3 is 21.1 Å². The largest absolute Gasteiger partial charge is 0.391 e. The molecule has 1 aromatic rings. The van der Waals surface area contributed by atoms with Gasteiger partial charge in [-0.15, -0.1) is 0 Å². The summed E-state index contributed by atoms with van der Waals surface area (Å²) in [6.07, 6.45) is 6.08. The number of nitrogens with zero attached hydrogens (tertiary/aromatic N) is 4. The average Bonchev–Trinajstić information content (AvgIpc) is 2.75. The summed E-state index contributed by atoms with van der Waals surface area (Å²) in [7, 11) is 0. The van der Waals surface area contributed by atoms with Gasteiger partial charge in [-0.1, -0.05) is 41.9 Å². The molecule has 2 rings (SSSR count). The number of hydrogen-bond donors (Lipinski definition) is 3. The van der Waals surface area contributed by atoms with Crippen LogP contribution in [0.5, 0.6) is 0 Å². The van der Waals surface area contributed by atoms with Gasteiger partial charge in [-0.05, 0) is 26.0 Å². The number of nitrogens with one attached hydrogen (secondary N) is 1. The van der Waals surface area contributed by atoms with Gasteiger partial charge in [0.1, 0.15) is 6.33 Å². The van der Waals surface area contributed by atoms with Gasteiger partial charge in [0.05, 0.1) is 29.3 Å². The number of hydrogen-bond acceptors (Lipinski definition) is 7. The minimum Gasteiger partial charge on any atom is -0.391 e. The lowest BCUT2D eigenvalue weighted by Crippen LogP contribution is -2.48. The molecule has 2 heterocycles. The number of nitrogens with two attached hydrogens (primary N) is 1. The Bertz CT molecular complexity index is 867. The Balaban J connectivity index is 2.06. The Morgan fingerprint density at radius 1 is 1.50 bits per heavy atom. The van der Waals surface area contributed by atoms with Crippen LogP contribution in [0.3, 0.4) is 0 Å². The van der Waals surface area contributed by atoms with Gasteiger partial charge in [-0.25, -0.2) is 9.97 Å². The van der Waals surface area contributed by atoms with E-state index in [1.54, 1.807) is 28.0 Å². The van der Waals surface area contributed by atoms with Crippen LogP contribution in [0.2, 0.25) is 0 Å². The maximum Gasteiger partial charge on any atom is 0.231 e. The third-order valence-corrected chi connectivity index (χ3v) is 5.91. The van der Waals surface area contributed by atoms with Crippen molar-refractivity contribution in [3.8, 4) is 0 Å². The number of likely N-dealkylation sites (N-methyl/N-ethyl adjacent to an activating group) is 1. The molecule has 4 N–H and O–H groups in total. The van der Waals surface area contributed by atoms with Crippen LogP contribution in [0.15, 0.2) is 41.2 Å². The second-order valence-electron chi connectivity index (χ2n) is 7.42. The SMILES string of the molecule is C=C/C=C\C(Cl)=C(/Cl)CN(CC)c1ncnc(NC[C@@H]2CCN(CC(N)=O)C[C@H]2O)c1F. The Morgan fingerprint density at radius 3 is 2.88 bits per heavy atom. The summed E-state index contributed by atoms with van der Waals surface area (Å²) in [6.45, 7) is 7.43. The fraction of sp³-hybridized carbons (Fsp3) is 0.476. The zero-order chi connectivity index (χ0) is 23.7. The van der Waals surface area contributed by atoms with Crippen LogP contribution in [0.4, 0.5) is 16.0 Å². The Kier molecular flexibility index (Phi) is 10.4. The molecule has 0 saturated carbocycles. The van der Waals surface area contributed by atoms with Crippen LogP contribution in [-0.4, -0.2) is 71.3 Å². The summed E-state index contributed by atoms with van der Waals surface area (Å²) in [5, 5.41) is 14.0. The number of piperidine rings is 1.